The maximum atomic E-state index is 12.3. The quantitative estimate of drug-likeness (QED) is 0.811. The van der Waals surface area contributed by atoms with Gasteiger partial charge in [0.05, 0.1) is 11.9 Å². The van der Waals surface area contributed by atoms with Gasteiger partial charge in [0.25, 0.3) is 0 Å². The summed E-state index contributed by atoms with van der Waals surface area (Å²) in [6.07, 6.45) is 1.23. The second-order valence-corrected chi connectivity index (χ2v) is 9.65. The molecule has 1 amide bonds. The van der Waals surface area contributed by atoms with Crippen LogP contribution in [0.2, 0.25) is 0 Å². The molecule has 0 saturated heterocycles. The van der Waals surface area contributed by atoms with E-state index in [0.29, 0.717) is 11.4 Å². The van der Waals surface area contributed by atoms with E-state index in [1.165, 1.54) is 9.87 Å². The molecule has 6 heteroatoms. The van der Waals surface area contributed by atoms with Crippen LogP contribution < -0.4 is 9.62 Å². The lowest BCUT2D eigenvalue weighted by atomic mass is 9.87. The number of carbonyl (C=O) groups is 1. The number of anilines is 2. The topological polar surface area (TPSA) is 66.5 Å². The van der Waals surface area contributed by atoms with Crippen LogP contribution in [0.3, 0.4) is 0 Å². The van der Waals surface area contributed by atoms with Crippen LogP contribution in [0, 0.1) is 6.92 Å². The number of hydrogen-bond acceptors (Lipinski definition) is 3. The van der Waals surface area contributed by atoms with Crippen LogP contribution in [0.25, 0.3) is 0 Å². The number of amides is 1. The molecule has 2 rings (SSSR count). The third-order valence-corrected chi connectivity index (χ3v) is 5.54. The Kier molecular flexibility index (Phi) is 6.31. The molecule has 0 heterocycles. The van der Waals surface area contributed by atoms with Crippen molar-refractivity contribution in [1.29, 1.82) is 0 Å². The van der Waals surface area contributed by atoms with Crippen molar-refractivity contribution in [3.63, 3.8) is 0 Å². The zero-order chi connectivity index (χ0) is 20.2. The molecule has 27 heavy (non-hydrogen) atoms. The number of hydrogen-bond donors (Lipinski definition) is 1. The van der Waals surface area contributed by atoms with Gasteiger partial charge >= 0.3 is 0 Å². The number of sulfonamides is 1. The minimum Gasteiger partial charge on any atom is -0.326 e. The van der Waals surface area contributed by atoms with Crippen molar-refractivity contribution >= 4 is 27.3 Å². The Labute approximate surface area is 162 Å². The summed E-state index contributed by atoms with van der Waals surface area (Å²) in [5.41, 5.74) is 3.38. The summed E-state index contributed by atoms with van der Waals surface area (Å²) in [5, 5.41) is 2.83. The van der Waals surface area contributed by atoms with E-state index in [1.54, 1.807) is 12.1 Å². The van der Waals surface area contributed by atoms with E-state index in [4.69, 9.17) is 0 Å². The second kappa shape index (κ2) is 8.13. The Hall–Kier alpha value is -2.34. The predicted octanol–water partition coefficient (Wildman–Crippen LogP) is 4.09. The number of nitrogens with zero attached hydrogens (tertiary/aromatic N) is 1. The lowest BCUT2D eigenvalue weighted by molar-refractivity contribution is -0.116. The van der Waals surface area contributed by atoms with Gasteiger partial charge in [-0.25, -0.2) is 8.42 Å². The molecule has 0 unspecified atom stereocenters. The number of nitrogens with one attached hydrogen (secondary N) is 1. The van der Waals surface area contributed by atoms with Gasteiger partial charge in [-0.05, 0) is 41.7 Å². The van der Waals surface area contributed by atoms with Gasteiger partial charge in [0.1, 0.15) is 0 Å². The Morgan fingerprint density at radius 1 is 1.04 bits per heavy atom. The van der Waals surface area contributed by atoms with Gasteiger partial charge in [-0.1, -0.05) is 51.1 Å². The maximum Gasteiger partial charge on any atom is 0.232 e. The normalized spacial score (nSPS) is 11.9. The minimum absolute atomic E-state index is 0.0477. The maximum absolute atomic E-state index is 12.3. The van der Waals surface area contributed by atoms with E-state index in [1.807, 2.05) is 43.3 Å². The van der Waals surface area contributed by atoms with Crippen LogP contribution >= 0.6 is 0 Å². The second-order valence-electron chi connectivity index (χ2n) is 7.75. The third-order valence-electron chi connectivity index (χ3n) is 4.36. The highest BCUT2D eigenvalue weighted by molar-refractivity contribution is 7.92. The first kappa shape index (κ1) is 21.0. The molecule has 146 valence electrons. The lowest BCUT2D eigenvalue weighted by Crippen LogP contribution is -2.33. The SMILES string of the molecule is Cc1ccccc1N(CCC(=O)Nc1ccc(C(C)(C)C)cc1)S(C)(=O)=O. The van der Waals surface area contributed by atoms with E-state index in [0.717, 1.165) is 11.8 Å². The smallest absolute Gasteiger partial charge is 0.232 e. The molecule has 0 saturated carbocycles. The van der Waals surface area contributed by atoms with Crippen molar-refractivity contribution in [1.82, 2.24) is 0 Å². The highest BCUT2D eigenvalue weighted by Gasteiger charge is 2.20. The van der Waals surface area contributed by atoms with Crippen LogP contribution in [0.15, 0.2) is 48.5 Å². The molecular formula is C21H28N2O3S. The standard InChI is InChI=1S/C21H28N2O3S/c1-16-8-6-7-9-19(16)23(27(5,25)26)15-14-20(24)22-18-12-10-17(11-13-18)21(2,3)4/h6-13H,14-15H2,1-5H3,(H,22,24). The highest BCUT2D eigenvalue weighted by Crippen LogP contribution is 2.24. The van der Waals surface area contributed by atoms with Gasteiger partial charge in [-0.15, -0.1) is 0 Å². The molecule has 2 aromatic carbocycles. The van der Waals surface area contributed by atoms with E-state index in [2.05, 4.69) is 26.1 Å². The monoisotopic (exact) mass is 388 g/mol. The number of rotatable bonds is 6. The molecule has 1 N–H and O–H groups in total. The summed E-state index contributed by atoms with van der Waals surface area (Å²) in [7, 11) is -3.48. The number of benzene rings is 2. The molecule has 5 nitrogen and oxygen atoms in total. The highest BCUT2D eigenvalue weighted by atomic mass is 32.2. The Bertz CT molecular complexity index is 898. The van der Waals surface area contributed by atoms with Crippen LogP contribution in [0.4, 0.5) is 11.4 Å². The van der Waals surface area contributed by atoms with E-state index in [-0.39, 0.29) is 24.3 Å². The lowest BCUT2D eigenvalue weighted by Gasteiger charge is -2.24. The molecule has 0 spiro atoms. The molecule has 0 bridgehead atoms. The average Bonchev–Trinajstić information content (AvgIpc) is 2.55. The molecule has 0 aliphatic rings. The van der Waals surface area contributed by atoms with Gasteiger partial charge in [-0.2, -0.15) is 0 Å². The summed E-state index contributed by atoms with van der Waals surface area (Å²) >= 11 is 0. The molecule has 0 radical (unpaired) electrons. The van der Waals surface area contributed by atoms with Gasteiger partial charge in [0, 0.05) is 18.7 Å². The summed E-state index contributed by atoms with van der Waals surface area (Å²) in [6.45, 7) is 8.34. The predicted molar refractivity (Wildman–Crippen MR) is 112 cm³/mol. The Balaban J connectivity index is 2.05. The fourth-order valence-electron chi connectivity index (χ4n) is 2.79. The average molecular weight is 389 g/mol. The molecule has 0 aromatic heterocycles. The Morgan fingerprint density at radius 2 is 1.63 bits per heavy atom. The van der Waals surface area contributed by atoms with E-state index in [9.17, 15) is 13.2 Å². The fraction of sp³-hybridized carbons (Fsp3) is 0.381. The van der Waals surface area contributed by atoms with Crippen molar-refractivity contribution in [2.75, 3.05) is 22.4 Å². The third kappa shape index (κ3) is 5.82. The first-order valence-electron chi connectivity index (χ1n) is 8.92. The van der Waals surface area contributed by atoms with Crippen molar-refractivity contribution in [2.24, 2.45) is 0 Å². The van der Waals surface area contributed by atoms with Crippen LogP contribution in [-0.4, -0.2) is 27.1 Å². The van der Waals surface area contributed by atoms with Gasteiger partial charge in [-0.3, -0.25) is 9.10 Å². The zero-order valence-electron chi connectivity index (χ0n) is 16.6. The Morgan fingerprint density at radius 3 is 2.15 bits per heavy atom. The molecule has 0 fully saturated rings. The van der Waals surface area contributed by atoms with Crippen LogP contribution in [0.1, 0.15) is 38.3 Å². The number of para-hydroxylation sites is 1. The molecule has 2 aromatic rings. The van der Waals surface area contributed by atoms with Crippen LogP contribution in [-0.2, 0) is 20.2 Å². The largest absolute Gasteiger partial charge is 0.326 e. The van der Waals surface area contributed by atoms with Crippen molar-refractivity contribution < 1.29 is 13.2 Å². The van der Waals surface area contributed by atoms with Crippen LogP contribution in [0.5, 0.6) is 0 Å². The van der Waals surface area contributed by atoms with Gasteiger partial charge in [0.2, 0.25) is 15.9 Å². The molecular weight excluding hydrogens is 360 g/mol. The molecule has 0 aliphatic carbocycles. The summed E-state index contributed by atoms with van der Waals surface area (Å²) in [5.74, 6) is -0.222. The van der Waals surface area contributed by atoms with E-state index < -0.39 is 10.0 Å². The summed E-state index contributed by atoms with van der Waals surface area (Å²) in [6, 6.07) is 15.0. The van der Waals surface area contributed by atoms with Crippen molar-refractivity contribution in [2.45, 2.75) is 39.5 Å². The van der Waals surface area contributed by atoms with Gasteiger partial charge in [0.15, 0.2) is 0 Å². The first-order valence-corrected chi connectivity index (χ1v) is 10.8. The number of carbonyl (C=O) groups excluding carboxylic acids is 1. The van der Waals surface area contributed by atoms with Crippen molar-refractivity contribution in [3.05, 3.63) is 59.7 Å². The summed E-state index contributed by atoms with van der Waals surface area (Å²) < 4.78 is 25.6. The first-order chi connectivity index (χ1) is 12.5. The molecule has 0 atom stereocenters. The minimum atomic E-state index is -3.48. The van der Waals surface area contributed by atoms with Crippen molar-refractivity contribution in [3.8, 4) is 0 Å². The number of aryl methyl sites for hydroxylation is 1. The van der Waals surface area contributed by atoms with E-state index >= 15 is 0 Å². The fourth-order valence-corrected chi connectivity index (χ4v) is 3.77. The zero-order valence-corrected chi connectivity index (χ0v) is 17.4. The molecule has 0 aliphatic heterocycles. The van der Waals surface area contributed by atoms with Gasteiger partial charge < -0.3 is 5.32 Å². The summed E-state index contributed by atoms with van der Waals surface area (Å²) in [4.78, 5) is 12.3.